The van der Waals surface area contributed by atoms with E-state index >= 15 is 0 Å². The number of aromatic amines is 2. The van der Waals surface area contributed by atoms with Gasteiger partial charge in [-0.25, -0.2) is 4.98 Å². The predicted molar refractivity (Wildman–Crippen MR) is 155 cm³/mol. The number of rotatable bonds is 8. The Kier molecular flexibility index (Phi) is 6.85. The van der Waals surface area contributed by atoms with E-state index < -0.39 is 0 Å². The summed E-state index contributed by atoms with van der Waals surface area (Å²) in [5.74, 6) is 0. The van der Waals surface area contributed by atoms with Gasteiger partial charge >= 0.3 is 0 Å². The lowest BCUT2D eigenvalue weighted by molar-refractivity contribution is 0.447. The minimum Gasteiger partial charge on any atom is -0.357 e. The highest BCUT2D eigenvalue weighted by atomic mass is 32.1. The quantitative estimate of drug-likeness (QED) is 0.279. The van der Waals surface area contributed by atoms with Crippen LogP contribution in [0.5, 0.6) is 0 Å². The smallest absolute Gasteiger partial charge is 0.138 e. The molecule has 0 radical (unpaired) electrons. The zero-order valence-electron chi connectivity index (χ0n) is 21.2. The van der Waals surface area contributed by atoms with Crippen LogP contribution in [0.4, 0.5) is 5.69 Å². The van der Waals surface area contributed by atoms with Crippen LogP contribution in [0.15, 0.2) is 72.5 Å². The van der Waals surface area contributed by atoms with E-state index in [0.717, 1.165) is 67.6 Å². The Morgan fingerprint density at radius 1 is 1.19 bits per heavy atom. The molecular weight excluding hydrogens is 478 g/mol. The molecule has 0 aliphatic carbocycles. The van der Waals surface area contributed by atoms with Crippen molar-refractivity contribution in [1.82, 2.24) is 30.0 Å². The van der Waals surface area contributed by atoms with Gasteiger partial charge in [-0.3, -0.25) is 10.1 Å². The second-order valence-corrected chi connectivity index (χ2v) is 9.88. The normalized spacial score (nSPS) is 12.5. The average molecular weight is 508 g/mol. The zero-order chi connectivity index (χ0) is 25.9. The number of aromatic nitrogens is 5. The summed E-state index contributed by atoms with van der Waals surface area (Å²) in [6.07, 6.45) is 9.49. The first-order valence-electron chi connectivity index (χ1n) is 11.9. The SMILES string of the molecule is C=C(CN(C)C)Nc1cncc(C(=C)/C=c2/c(-c3cc4c(-c5ccsc5)ccnc4[nH]3)n[nH]/c2=C/C)c1. The molecule has 5 aromatic heterocycles. The number of anilines is 1. The summed E-state index contributed by atoms with van der Waals surface area (Å²) in [6.45, 7) is 11.2. The molecule has 0 saturated carbocycles. The summed E-state index contributed by atoms with van der Waals surface area (Å²) in [5.41, 5.74) is 8.36. The van der Waals surface area contributed by atoms with E-state index in [9.17, 15) is 0 Å². The molecule has 0 spiro atoms. The monoisotopic (exact) mass is 507 g/mol. The molecule has 0 aliphatic rings. The largest absolute Gasteiger partial charge is 0.357 e. The van der Waals surface area contributed by atoms with Crippen molar-refractivity contribution in [3.63, 3.8) is 0 Å². The van der Waals surface area contributed by atoms with E-state index in [-0.39, 0.29) is 0 Å². The van der Waals surface area contributed by atoms with E-state index in [0.29, 0.717) is 0 Å². The molecule has 186 valence electrons. The molecule has 0 bridgehead atoms. The highest BCUT2D eigenvalue weighted by Crippen LogP contribution is 2.31. The Bertz CT molecular complexity index is 1700. The van der Waals surface area contributed by atoms with Crippen LogP contribution < -0.4 is 15.9 Å². The van der Waals surface area contributed by atoms with Crippen molar-refractivity contribution in [1.29, 1.82) is 0 Å². The van der Waals surface area contributed by atoms with Gasteiger partial charge in [0, 0.05) is 40.8 Å². The summed E-state index contributed by atoms with van der Waals surface area (Å²) in [7, 11) is 4.02. The lowest BCUT2D eigenvalue weighted by Gasteiger charge is -2.14. The summed E-state index contributed by atoms with van der Waals surface area (Å²) >= 11 is 1.68. The first-order valence-corrected chi connectivity index (χ1v) is 12.8. The fourth-order valence-corrected chi connectivity index (χ4v) is 4.98. The van der Waals surface area contributed by atoms with Gasteiger partial charge in [0.05, 0.1) is 22.9 Å². The van der Waals surface area contributed by atoms with Crippen molar-refractivity contribution in [3.05, 3.63) is 88.6 Å². The van der Waals surface area contributed by atoms with Crippen LogP contribution in [0.25, 0.3) is 51.3 Å². The van der Waals surface area contributed by atoms with E-state index in [4.69, 9.17) is 0 Å². The second kappa shape index (κ2) is 10.4. The molecule has 0 unspecified atom stereocenters. The van der Waals surface area contributed by atoms with Crippen LogP contribution in [-0.2, 0) is 0 Å². The standard InChI is InChI=1S/C29H29N7S/c1-6-26-25(11-18(2)21-12-22(15-30-14-21)32-19(3)16-36(4)5)28(35-34-26)27-13-24-23(20-8-10-37-17-20)7-9-31-29(24)33-27/h6-15,17,32,34H,2-3,16H2,1,4-5H3,(H,31,33)/b25-11+,26-6+. The van der Waals surface area contributed by atoms with E-state index in [1.54, 1.807) is 17.5 Å². The first kappa shape index (κ1) is 24.4. The second-order valence-electron chi connectivity index (χ2n) is 9.10. The van der Waals surface area contributed by atoms with Gasteiger partial charge in [-0.05, 0) is 78.8 Å². The molecule has 0 aromatic carbocycles. The molecule has 0 aliphatic heterocycles. The Morgan fingerprint density at radius 2 is 2.05 bits per heavy atom. The molecule has 7 nitrogen and oxygen atoms in total. The molecule has 5 heterocycles. The van der Waals surface area contributed by atoms with Gasteiger partial charge in [0.1, 0.15) is 11.3 Å². The van der Waals surface area contributed by atoms with Crippen LogP contribution in [0, 0.1) is 0 Å². The molecule has 8 heteroatoms. The van der Waals surface area contributed by atoms with Crippen LogP contribution in [0.3, 0.4) is 0 Å². The molecule has 0 atom stereocenters. The van der Waals surface area contributed by atoms with E-state index in [1.807, 2.05) is 57.7 Å². The molecule has 0 fully saturated rings. The van der Waals surface area contributed by atoms with Crippen molar-refractivity contribution in [2.75, 3.05) is 26.0 Å². The van der Waals surface area contributed by atoms with Crippen LogP contribution in [0.1, 0.15) is 12.5 Å². The Labute approximate surface area is 219 Å². The van der Waals surface area contributed by atoms with E-state index in [1.165, 1.54) is 5.56 Å². The maximum absolute atomic E-state index is 4.65. The highest BCUT2D eigenvalue weighted by Gasteiger charge is 2.13. The third kappa shape index (κ3) is 5.16. The molecular formula is C29H29N7S. The minimum absolute atomic E-state index is 0.735. The third-order valence-electron chi connectivity index (χ3n) is 6.00. The number of hydrogen-bond donors (Lipinski definition) is 3. The first-order chi connectivity index (χ1) is 17.9. The topological polar surface area (TPSA) is 85.5 Å². The van der Waals surface area contributed by atoms with Gasteiger partial charge in [-0.2, -0.15) is 16.4 Å². The number of likely N-dealkylation sites (N-methyl/N-ethyl adjacent to an activating group) is 1. The summed E-state index contributed by atoms with van der Waals surface area (Å²) in [5, 5.41) is 18.3. The average Bonchev–Trinajstić information content (AvgIpc) is 3.62. The van der Waals surface area contributed by atoms with Crippen LogP contribution in [0.2, 0.25) is 0 Å². The lowest BCUT2D eigenvalue weighted by atomic mass is 10.1. The van der Waals surface area contributed by atoms with Gasteiger partial charge in [0.15, 0.2) is 0 Å². The molecule has 5 aromatic rings. The predicted octanol–water partition coefficient (Wildman–Crippen LogP) is 4.86. The van der Waals surface area contributed by atoms with Crippen LogP contribution >= 0.6 is 11.3 Å². The number of pyridine rings is 2. The zero-order valence-corrected chi connectivity index (χ0v) is 22.0. The molecule has 3 N–H and O–H groups in total. The van der Waals surface area contributed by atoms with E-state index in [2.05, 4.69) is 71.4 Å². The number of nitrogens with one attached hydrogen (secondary N) is 3. The highest BCUT2D eigenvalue weighted by molar-refractivity contribution is 7.08. The number of thiophene rings is 1. The van der Waals surface area contributed by atoms with Gasteiger partial charge in [0.25, 0.3) is 0 Å². The molecule has 0 amide bonds. The molecule has 5 rings (SSSR count). The van der Waals surface area contributed by atoms with Gasteiger partial charge < -0.3 is 15.2 Å². The van der Waals surface area contributed by atoms with Crippen molar-refractivity contribution in [3.8, 4) is 22.5 Å². The van der Waals surface area contributed by atoms with Gasteiger partial charge in [-0.1, -0.05) is 19.2 Å². The number of hydrogen-bond acceptors (Lipinski definition) is 6. The lowest BCUT2D eigenvalue weighted by Crippen LogP contribution is -2.23. The fourth-order valence-electron chi connectivity index (χ4n) is 4.33. The number of fused-ring (bicyclic) bond motifs is 1. The molecule has 37 heavy (non-hydrogen) atoms. The maximum Gasteiger partial charge on any atom is 0.138 e. The van der Waals surface area contributed by atoms with Gasteiger partial charge in [-0.15, -0.1) is 0 Å². The van der Waals surface area contributed by atoms with Crippen molar-refractivity contribution < 1.29 is 0 Å². The van der Waals surface area contributed by atoms with Crippen molar-refractivity contribution >= 4 is 45.8 Å². The van der Waals surface area contributed by atoms with Crippen molar-refractivity contribution in [2.24, 2.45) is 0 Å². The summed E-state index contributed by atoms with van der Waals surface area (Å²) < 4.78 is 0. The maximum atomic E-state index is 4.65. The Hall–Kier alpha value is -4.27. The fraction of sp³-hybridized carbons (Fsp3) is 0.138. The van der Waals surface area contributed by atoms with Gasteiger partial charge in [0.2, 0.25) is 0 Å². The Balaban J connectivity index is 1.53. The third-order valence-corrected chi connectivity index (χ3v) is 6.68. The number of allylic oxidation sites excluding steroid dienone is 1. The van der Waals surface area contributed by atoms with Crippen LogP contribution in [-0.4, -0.2) is 50.7 Å². The summed E-state index contributed by atoms with van der Waals surface area (Å²) in [4.78, 5) is 14.5. The molecule has 0 saturated heterocycles. The summed E-state index contributed by atoms with van der Waals surface area (Å²) in [6, 6.07) is 8.32. The Morgan fingerprint density at radius 3 is 2.81 bits per heavy atom. The van der Waals surface area contributed by atoms with Crippen molar-refractivity contribution in [2.45, 2.75) is 6.92 Å². The number of nitrogens with zero attached hydrogens (tertiary/aromatic N) is 4. The number of H-pyrrole nitrogens is 2. The minimum atomic E-state index is 0.735.